The van der Waals surface area contributed by atoms with Crippen LogP contribution in [0.5, 0.6) is 0 Å². The summed E-state index contributed by atoms with van der Waals surface area (Å²) in [6, 6.07) is 9.41. The lowest BCUT2D eigenvalue weighted by Crippen LogP contribution is -2.62. The Morgan fingerprint density at radius 2 is 2.03 bits per heavy atom. The van der Waals surface area contributed by atoms with Crippen LogP contribution in [0.1, 0.15) is 39.2 Å². The van der Waals surface area contributed by atoms with Gasteiger partial charge in [-0.3, -0.25) is 9.80 Å². The van der Waals surface area contributed by atoms with Gasteiger partial charge in [0.1, 0.15) is 18.5 Å². The molecule has 0 bridgehead atoms. The minimum atomic E-state index is -1.22. The van der Waals surface area contributed by atoms with E-state index in [1.54, 1.807) is 11.8 Å². The monoisotopic (exact) mass is 413 g/mol. The Bertz CT molecular complexity index is 788. The maximum absolute atomic E-state index is 12.9. The Morgan fingerprint density at radius 3 is 2.70 bits per heavy atom. The van der Waals surface area contributed by atoms with Crippen molar-refractivity contribution in [3.8, 4) is 0 Å². The first-order valence-electron chi connectivity index (χ1n) is 10.8. The first-order valence-corrected chi connectivity index (χ1v) is 10.8. The number of carbonyl (C=O) groups is 1. The molecule has 1 heterocycles. The van der Waals surface area contributed by atoms with Gasteiger partial charge in [0.2, 0.25) is 0 Å². The van der Waals surface area contributed by atoms with Gasteiger partial charge in [0, 0.05) is 13.1 Å². The number of benzene rings is 1. The van der Waals surface area contributed by atoms with Gasteiger partial charge in [0.25, 0.3) is 0 Å². The fraction of sp³-hybridized carbons (Fsp3) is 0.542. The summed E-state index contributed by atoms with van der Waals surface area (Å²) in [5.74, 6) is 0. The van der Waals surface area contributed by atoms with Gasteiger partial charge in [-0.1, -0.05) is 53.6 Å². The molecule has 1 saturated heterocycles. The SMILES string of the molecule is CC1=CC=C(CN(C)[C@](C)(O)C2[C@@H](C)OCN2C(=O)NCCc2ccccc2)CC1. The largest absolute Gasteiger partial charge is 0.374 e. The van der Waals surface area contributed by atoms with Gasteiger partial charge < -0.3 is 15.2 Å². The van der Waals surface area contributed by atoms with E-state index in [4.69, 9.17) is 4.74 Å². The molecule has 6 heteroatoms. The van der Waals surface area contributed by atoms with Gasteiger partial charge in [0.05, 0.1) is 6.10 Å². The number of rotatable bonds is 7. The second kappa shape index (κ2) is 9.77. The summed E-state index contributed by atoms with van der Waals surface area (Å²) in [5.41, 5.74) is 2.62. The molecular weight excluding hydrogens is 378 g/mol. The molecular formula is C24H35N3O3. The van der Waals surface area contributed by atoms with Crippen LogP contribution < -0.4 is 5.32 Å². The van der Waals surface area contributed by atoms with Crippen LogP contribution >= 0.6 is 0 Å². The lowest BCUT2D eigenvalue weighted by Gasteiger charge is -2.43. The molecule has 1 fully saturated rings. The summed E-state index contributed by atoms with van der Waals surface area (Å²) in [6.45, 7) is 7.20. The molecule has 0 saturated carbocycles. The van der Waals surface area contributed by atoms with Crippen molar-refractivity contribution in [1.82, 2.24) is 15.1 Å². The molecule has 1 aromatic rings. The third-order valence-corrected chi connectivity index (χ3v) is 6.27. The molecule has 1 aliphatic carbocycles. The molecule has 164 valence electrons. The van der Waals surface area contributed by atoms with E-state index in [9.17, 15) is 9.90 Å². The van der Waals surface area contributed by atoms with E-state index >= 15 is 0 Å². The first kappa shape index (κ1) is 22.5. The maximum atomic E-state index is 12.9. The molecule has 2 N–H and O–H groups in total. The number of nitrogens with one attached hydrogen (secondary N) is 1. The molecule has 2 aliphatic rings. The number of likely N-dealkylation sites (N-methyl/N-ethyl adjacent to an activating group) is 1. The third kappa shape index (κ3) is 5.31. The second-order valence-electron chi connectivity index (χ2n) is 8.67. The lowest BCUT2D eigenvalue weighted by molar-refractivity contribution is -0.124. The number of ether oxygens (including phenoxy) is 1. The Morgan fingerprint density at radius 1 is 1.30 bits per heavy atom. The highest BCUT2D eigenvalue weighted by atomic mass is 16.5. The van der Waals surface area contributed by atoms with Crippen molar-refractivity contribution in [1.29, 1.82) is 0 Å². The van der Waals surface area contributed by atoms with Gasteiger partial charge >= 0.3 is 6.03 Å². The normalized spacial score (nSPS) is 23.7. The van der Waals surface area contributed by atoms with E-state index in [0.717, 1.165) is 19.3 Å². The Balaban J connectivity index is 1.62. The van der Waals surface area contributed by atoms with Crippen molar-refractivity contribution in [3.63, 3.8) is 0 Å². The van der Waals surface area contributed by atoms with Crippen LogP contribution in [0.2, 0.25) is 0 Å². The Hall–Kier alpha value is -2.15. The molecule has 30 heavy (non-hydrogen) atoms. The van der Waals surface area contributed by atoms with Crippen LogP contribution in [0, 0.1) is 0 Å². The minimum Gasteiger partial charge on any atom is -0.374 e. The lowest BCUT2D eigenvalue weighted by atomic mass is 9.95. The fourth-order valence-electron chi connectivity index (χ4n) is 4.21. The van der Waals surface area contributed by atoms with Gasteiger partial charge in [-0.25, -0.2) is 4.79 Å². The van der Waals surface area contributed by atoms with Crippen molar-refractivity contribution in [2.24, 2.45) is 0 Å². The summed E-state index contributed by atoms with van der Waals surface area (Å²) in [4.78, 5) is 16.4. The molecule has 1 unspecified atom stereocenters. The van der Waals surface area contributed by atoms with E-state index < -0.39 is 11.8 Å². The predicted molar refractivity (Wildman–Crippen MR) is 119 cm³/mol. The molecule has 1 aliphatic heterocycles. The van der Waals surface area contributed by atoms with Crippen LogP contribution in [0.4, 0.5) is 4.79 Å². The summed E-state index contributed by atoms with van der Waals surface area (Å²) in [7, 11) is 1.91. The van der Waals surface area contributed by atoms with E-state index in [1.807, 2.05) is 49.2 Å². The minimum absolute atomic E-state index is 0.178. The smallest absolute Gasteiger partial charge is 0.319 e. The van der Waals surface area contributed by atoms with Crippen molar-refractivity contribution >= 4 is 6.03 Å². The molecule has 1 aromatic carbocycles. The zero-order valence-electron chi connectivity index (χ0n) is 18.6. The predicted octanol–water partition coefficient (Wildman–Crippen LogP) is 3.29. The summed E-state index contributed by atoms with van der Waals surface area (Å²) < 4.78 is 5.76. The fourth-order valence-corrected chi connectivity index (χ4v) is 4.21. The van der Waals surface area contributed by atoms with Crippen LogP contribution in [0.25, 0.3) is 0 Å². The quantitative estimate of drug-likeness (QED) is 0.674. The topological polar surface area (TPSA) is 65.0 Å². The van der Waals surface area contributed by atoms with Crippen molar-refractivity contribution < 1.29 is 14.6 Å². The van der Waals surface area contributed by atoms with Crippen LogP contribution in [-0.4, -0.2) is 65.7 Å². The number of urea groups is 1. The Labute approximate surface area is 180 Å². The van der Waals surface area contributed by atoms with E-state index in [0.29, 0.717) is 13.1 Å². The standard InChI is InChI=1S/C24H35N3O3/c1-18-10-12-21(13-11-18)16-26(4)24(3,29)22-19(2)30-17-27(22)23(28)25-15-14-20-8-6-5-7-9-20/h5-10,12,19,22,29H,11,13-17H2,1-4H3,(H,25,28)/t19-,22?,24-/m1/s1. The van der Waals surface area contributed by atoms with Crippen LogP contribution in [0.15, 0.2) is 53.6 Å². The van der Waals surface area contributed by atoms with Crippen LogP contribution in [0.3, 0.4) is 0 Å². The summed E-state index contributed by atoms with van der Waals surface area (Å²) in [5, 5.41) is 14.4. The van der Waals surface area contributed by atoms with Crippen molar-refractivity contribution in [2.75, 3.05) is 26.9 Å². The third-order valence-electron chi connectivity index (χ3n) is 6.27. The van der Waals surface area contributed by atoms with Gasteiger partial charge in [-0.15, -0.1) is 0 Å². The number of carbonyl (C=O) groups excluding carboxylic acids is 1. The first-order chi connectivity index (χ1) is 14.3. The highest BCUT2D eigenvalue weighted by Gasteiger charge is 2.49. The zero-order chi connectivity index (χ0) is 21.7. The Kier molecular flexibility index (Phi) is 7.34. The molecule has 0 radical (unpaired) electrons. The summed E-state index contributed by atoms with van der Waals surface area (Å²) in [6.07, 6.45) is 6.86. The van der Waals surface area contributed by atoms with E-state index in [-0.39, 0.29) is 18.9 Å². The van der Waals surface area contributed by atoms with Gasteiger partial charge in [-0.2, -0.15) is 0 Å². The maximum Gasteiger partial charge on any atom is 0.319 e. The summed E-state index contributed by atoms with van der Waals surface area (Å²) >= 11 is 0. The van der Waals surface area contributed by atoms with Crippen molar-refractivity contribution in [3.05, 3.63) is 59.2 Å². The van der Waals surface area contributed by atoms with Crippen LogP contribution in [-0.2, 0) is 11.2 Å². The second-order valence-corrected chi connectivity index (χ2v) is 8.67. The molecule has 3 rings (SSSR count). The average molecular weight is 414 g/mol. The number of nitrogens with zero attached hydrogens (tertiary/aromatic N) is 2. The molecule has 2 amide bonds. The number of allylic oxidation sites excluding steroid dienone is 3. The molecule has 3 atom stereocenters. The highest BCUT2D eigenvalue weighted by molar-refractivity contribution is 5.75. The number of hydrogen-bond donors (Lipinski definition) is 2. The zero-order valence-corrected chi connectivity index (χ0v) is 18.6. The highest BCUT2D eigenvalue weighted by Crippen LogP contribution is 2.30. The van der Waals surface area contributed by atoms with Gasteiger partial charge in [-0.05, 0) is 52.6 Å². The van der Waals surface area contributed by atoms with E-state index in [1.165, 1.54) is 16.7 Å². The average Bonchev–Trinajstić information content (AvgIpc) is 3.12. The van der Waals surface area contributed by atoms with Crippen molar-refractivity contribution in [2.45, 2.75) is 57.9 Å². The molecule has 0 spiro atoms. The number of aliphatic hydroxyl groups is 1. The number of hydrogen-bond acceptors (Lipinski definition) is 4. The molecule has 6 nitrogen and oxygen atoms in total. The molecule has 0 aromatic heterocycles. The van der Waals surface area contributed by atoms with Gasteiger partial charge in [0.15, 0.2) is 0 Å². The van der Waals surface area contributed by atoms with E-state index in [2.05, 4.69) is 24.4 Å². The number of amides is 2.